The number of aromatic carboxylic acids is 1. The zero-order valence-electron chi connectivity index (χ0n) is 12.4. The first-order valence-corrected chi connectivity index (χ1v) is 7.38. The Balaban J connectivity index is 2.12. The Labute approximate surface area is 123 Å². The Hall–Kier alpha value is -1.88. The summed E-state index contributed by atoms with van der Waals surface area (Å²) in [5, 5.41) is 9.45. The number of carboxylic acid groups (broad SMARTS) is 1. The van der Waals surface area contributed by atoms with Crippen LogP contribution < -0.4 is 0 Å². The molecule has 1 saturated heterocycles. The maximum atomic E-state index is 11.5. The third kappa shape index (κ3) is 2.42. The predicted molar refractivity (Wildman–Crippen MR) is 79.7 cm³/mol. The van der Waals surface area contributed by atoms with Gasteiger partial charge in [0.15, 0.2) is 0 Å². The number of imidazole rings is 1. The van der Waals surface area contributed by atoms with Crippen LogP contribution >= 0.6 is 0 Å². The van der Waals surface area contributed by atoms with Crippen LogP contribution in [-0.4, -0.2) is 33.8 Å². The summed E-state index contributed by atoms with van der Waals surface area (Å²) >= 11 is 0. The second-order valence-electron chi connectivity index (χ2n) is 5.70. The van der Waals surface area contributed by atoms with Crippen molar-refractivity contribution in [1.82, 2.24) is 9.55 Å². The second kappa shape index (κ2) is 5.48. The molecule has 1 atom stereocenters. The van der Waals surface area contributed by atoms with E-state index < -0.39 is 5.97 Å². The van der Waals surface area contributed by atoms with Gasteiger partial charge in [-0.15, -0.1) is 0 Å². The fraction of sp³-hybridized carbons (Fsp3) is 0.500. The van der Waals surface area contributed by atoms with Gasteiger partial charge in [-0.2, -0.15) is 0 Å². The van der Waals surface area contributed by atoms with Gasteiger partial charge in [0.25, 0.3) is 0 Å². The number of para-hydroxylation sites is 1. The van der Waals surface area contributed by atoms with Gasteiger partial charge in [-0.05, 0) is 44.7 Å². The summed E-state index contributed by atoms with van der Waals surface area (Å²) in [6.07, 6.45) is 2.02. The average molecular weight is 288 g/mol. The molecule has 1 aliphatic rings. The van der Waals surface area contributed by atoms with Crippen molar-refractivity contribution in [3.05, 3.63) is 29.6 Å². The molecule has 21 heavy (non-hydrogen) atoms. The summed E-state index contributed by atoms with van der Waals surface area (Å²) in [4.78, 5) is 16.1. The predicted octanol–water partition coefficient (Wildman–Crippen LogP) is 3.03. The maximum absolute atomic E-state index is 11.5. The van der Waals surface area contributed by atoms with Crippen LogP contribution in [-0.2, 0) is 4.74 Å². The van der Waals surface area contributed by atoms with E-state index in [0.29, 0.717) is 11.5 Å². The highest BCUT2D eigenvalue weighted by Crippen LogP contribution is 2.32. The quantitative estimate of drug-likeness (QED) is 0.943. The molecule has 1 aromatic carbocycles. The molecule has 0 saturated carbocycles. The Morgan fingerprint density at radius 1 is 1.43 bits per heavy atom. The van der Waals surface area contributed by atoms with Gasteiger partial charge in [0.1, 0.15) is 5.82 Å². The van der Waals surface area contributed by atoms with Crippen LogP contribution in [0.2, 0.25) is 0 Å². The molecular formula is C16H20N2O3. The second-order valence-corrected chi connectivity index (χ2v) is 5.70. The summed E-state index contributed by atoms with van der Waals surface area (Å²) in [5.74, 6) is 0.468. The van der Waals surface area contributed by atoms with E-state index in [2.05, 4.69) is 16.5 Å². The highest BCUT2D eigenvalue weighted by molar-refractivity contribution is 6.01. The van der Waals surface area contributed by atoms with E-state index in [1.54, 1.807) is 12.1 Å². The molecule has 1 fully saturated rings. The minimum Gasteiger partial charge on any atom is -0.478 e. The number of nitrogens with zero attached hydrogens (tertiary/aromatic N) is 2. The van der Waals surface area contributed by atoms with Gasteiger partial charge in [-0.25, -0.2) is 9.78 Å². The van der Waals surface area contributed by atoms with E-state index in [1.165, 1.54) is 0 Å². The molecule has 112 valence electrons. The monoisotopic (exact) mass is 288 g/mol. The molecule has 2 heterocycles. The highest BCUT2D eigenvalue weighted by atomic mass is 16.5. The van der Waals surface area contributed by atoms with E-state index in [1.807, 2.05) is 13.0 Å². The lowest BCUT2D eigenvalue weighted by atomic mass is 9.92. The van der Waals surface area contributed by atoms with E-state index in [9.17, 15) is 9.90 Å². The molecule has 1 aromatic heterocycles. The lowest BCUT2D eigenvalue weighted by Gasteiger charge is -2.30. The molecule has 0 amide bonds. The van der Waals surface area contributed by atoms with Gasteiger partial charge < -0.3 is 14.4 Å². The highest BCUT2D eigenvalue weighted by Gasteiger charge is 2.26. The van der Waals surface area contributed by atoms with Crippen molar-refractivity contribution in [3.8, 4) is 0 Å². The number of aryl methyl sites for hydroxylation is 1. The molecule has 0 radical (unpaired) electrons. The number of hydrogen-bond donors (Lipinski definition) is 1. The van der Waals surface area contributed by atoms with Crippen molar-refractivity contribution in [2.24, 2.45) is 5.92 Å². The lowest BCUT2D eigenvalue weighted by molar-refractivity contribution is 0.0515. The lowest BCUT2D eigenvalue weighted by Crippen LogP contribution is -2.25. The topological polar surface area (TPSA) is 64.3 Å². The van der Waals surface area contributed by atoms with Crippen LogP contribution in [0.25, 0.3) is 11.0 Å². The molecule has 0 spiro atoms. The van der Waals surface area contributed by atoms with E-state index in [0.717, 1.165) is 42.9 Å². The van der Waals surface area contributed by atoms with Gasteiger partial charge in [-0.1, -0.05) is 6.07 Å². The standard InChI is InChI=1S/C16H20N2O3/c1-10(12-6-8-21-9-7-12)18-11(2)17-14-5-3-4-13(15(14)18)16(19)20/h3-5,10,12H,6-9H2,1-2H3,(H,19,20). The number of benzene rings is 1. The Morgan fingerprint density at radius 2 is 2.14 bits per heavy atom. The Kier molecular flexibility index (Phi) is 3.68. The van der Waals surface area contributed by atoms with Crippen molar-refractivity contribution < 1.29 is 14.6 Å². The van der Waals surface area contributed by atoms with Crippen LogP contribution in [0, 0.1) is 12.8 Å². The Bertz CT molecular complexity index is 671. The smallest absolute Gasteiger partial charge is 0.337 e. The van der Waals surface area contributed by atoms with Gasteiger partial charge in [0.05, 0.1) is 16.6 Å². The molecule has 1 aliphatic heterocycles. The minimum atomic E-state index is -0.902. The zero-order chi connectivity index (χ0) is 15.0. The number of rotatable bonds is 3. The van der Waals surface area contributed by atoms with Crippen LogP contribution in [0.5, 0.6) is 0 Å². The largest absolute Gasteiger partial charge is 0.478 e. The molecule has 2 aromatic rings. The summed E-state index contributed by atoms with van der Waals surface area (Å²) in [5.41, 5.74) is 1.82. The minimum absolute atomic E-state index is 0.222. The van der Waals surface area contributed by atoms with Crippen LogP contribution in [0.1, 0.15) is 42.0 Å². The summed E-state index contributed by atoms with van der Waals surface area (Å²) in [6.45, 7) is 5.67. The SMILES string of the molecule is Cc1nc2cccc(C(=O)O)c2n1C(C)C1CCOCC1. The number of hydrogen-bond acceptors (Lipinski definition) is 3. The van der Waals surface area contributed by atoms with Gasteiger partial charge in [0, 0.05) is 19.3 Å². The molecule has 5 nitrogen and oxygen atoms in total. The fourth-order valence-corrected chi connectivity index (χ4v) is 3.34. The summed E-state index contributed by atoms with van der Waals surface area (Å²) in [6, 6.07) is 5.50. The normalized spacial score (nSPS) is 18.0. The van der Waals surface area contributed by atoms with Crippen molar-refractivity contribution in [1.29, 1.82) is 0 Å². The summed E-state index contributed by atoms with van der Waals surface area (Å²) in [7, 11) is 0. The molecular weight excluding hydrogens is 268 g/mol. The first-order chi connectivity index (χ1) is 10.1. The number of carbonyl (C=O) groups is 1. The number of fused-ring (bicyclic) bond motifs is 1. The van der Waals surface area contributed by atoms with Gasteiger partial charge >= 0.3 is 5.97 Å². The number of aromatic nitrogens is 2. The molecule has 1 unspecified atom stereocenters. The van der Waals surface area contributed by atoms with Crippen molar-refractivity contribution in [2.45, 2.75) is 32.7 Å². The third-order valence-corrected chi connectivity index (χ3v) is 4.47. The molecule has 0 aliphatic carbocycles. The van der Waals surface area contributed by atoms with E-state index in [-0.39, 0.29) is 6.04 Å². The van der Waals surface area contributed by atoms with Gasteiger partial charge in [0.2, 0.25) is 0 Å². The van der Waals surface area contributed by atoms with Crippen molar-refractivity contribution in [2.75, 3.05) is 13.2 Å². The van der Waals surface area contributed by atoms with E-state index in [4.69, 9.17) is 4.74 Å². The van der Waals surface area contributed by atoms with E-state index >= 15 is 0 Å². The number of ether oxygens (including phenoxy) is 1. The molecule has 0 bridgehead atoms. The molecule has 1 N–H and O–H groups in total. The Morgan fingerprint density at radius 3 is 2.81 bits per heavy atom. The van der Waals surface area contributed by atoms with Crippen LogP contribution in [0.4, 0.5) is 0 Å². The first kappa shape index (κ1) is 14.1. The summed E-state index contributed by atoms with van der Waals surface area (Å²) < 4.78 is 7.52. The fourth-order valence-electron chi connectivity index (χ4n) is 3.34. The zero-order valence-corrected chi connectivity index (χ0v) is 12.4. The van der Waals surface area contributed by atoms with Crippen LogP contribution in [0.15, 0.2) is 18.2 Å². The van der Waals surface area contributed by atoms with Gasteiger partial charge in [-0.3, -0.25) is 0 Å². The third-order valence-electron chi connectivity index (χ3n) is 4.47. The first-order valence-electron chi connectivity index (χ1n) is 7.38. The van der Waals surface area contributed by atoms with Crippen molar-refractivity contribution >= 4 is 17.0 Å². The maximum Gasteiger partial charge on any atom is 0.337 e. The molecule has 3 rings (SSSR count). The molecule has 5 heteroatoms. The van der Waals surface area contributed by atoms with Crippen LogP contribution in [0.3, 0.4) is 0 Å². The van der Waals surface area contributed by atoms with Crippen molar-refractivity contribution in [3.63, 3.8) is 0 Å². The average Bonchev–Trinajstić information content (AvgIpc) is 2.83. The number of carboxylic acids is 1.